The molecule has 0 aliphatic heterocycles. The molecule has 1 heterocycles. The molecule has 3 heteroatoms. The quantitative estimate of drug-likeness (QED) is 0.849. The van der Waals surface area contributed by atoms with Gasteiger partial charge in [0.05, 0.1) is 11.7 Å². The van der Waals surface area contributed by atoms with Crippen LogP contribution in [0.1, 0.15) is 50.8 Å². The third-order valence-electron chi connectivity index (χ3n) is 3.29. The van der Waals surface area contributed by atoms with Gasteiger partial charge in [0.25, 0.3) is 0 Å². The average Bonchev–Trinajstić information content (AvgIpc) is 2.78. The highest BCUT2D eigenvalue weighted by atomic mass is 15.3. The van der Waals surface area contributed by atoms with Gasteiger partial charge in [-0.2, -0.15) is 5.10 Å². The lowest BCUT2D eigenvalue weighted by atomic mass is 9.96. The fourth-order valence-corrected chi connectivity index (χ4v) is 2.29. The summed E-state index contributed by atoms with van der Waals surface area (Å²) >= 11 is 0. The fraction of sp³-hybridized carbons (Fsp3) is 0.615. The molecule has 2 rings (SSSR count). The first-order chi connectivity index (χ1) is 7.79. The molecule has 1 saturated carbocycles. The normalized spacial score (nSPS) is 19.0. The summed E-state index contributed by atoms with van der Waals surface area (Å²) in [5, 5.41) is 4.61. The molecule has 88 valence electrons. The summed E-state index contributed by atoms with van der Waals surface area (Å²) in [5.41, 5.74) is 7.78. The van der Waals surface area contributed by atoms with Crippen molar-refractivity contribution in [1.82, 2.24) is 9.78 Å². The van der Waals surface area contributed by atoms with E-state index in [-0.39, 0.29) is 0 Å². The predicted molar refractivity (Wildman–Crippen MR) is 67.1 cm³/mol. The van der Waals surface area contributed by atoms with Gasteiger partial charge in [-0.3, -0.25) is 4.68 Å². The van der Waals surface area contributed by atoms with Crippen molar-refractivity contribution in [3.8, 4) is 0 Å². The Balaban J connectivity index is 2.06. The molecule has 1 aromatic heterocycles. The Kier molecular flexibility index (Phi) is 3.78. The van der Waals surface area contributed by atoms with E-state index < -0.39 is 0 Å². The first-order valence-corrected chi connectivity index (χ1v) is 6.22. The zero-order valence-electron chi connectivity index (χ0n) is 10.0. The molecule has 0 radical (unpaired) electrons. The lowest BCUT2D eigenvalue weighted by Gasteiger charge is -2.21. The van der Waals surface area contributed by atoms with Crippen molar-refractivity contribution in [3.63, 3.8) is 0 Å². The number of hydrogen-bond acceptors (Lipinski definition) is 2. The van der Waals surface area contributed by atoms with E-state index in [4.69, 9.17) is 5.73 Å². The van der Waals surface area contributed by atoms with Crippen molar-refractivity contribution in [3.05, 3.63) is 23.5 Å². The summed E-state index contributed by atoms with van der Waals surface area (Å²) in [6, 6.07) is 2.70. The second-order valence-corrected chi connectivity index (χ2v) is 4.71. The van der Waals surface area contributed by atoms with Crippen LogP contribution in [-0.2, 0) is 0 Å². The molecule has 1 fully saturated rings. The highest BCUT2D eigenvalue weighted by Gasteiger charge is 2.15. The Hall–Kier alpha value is -1.09. The molecule has 0 saturated heterocycles. The van der Waals surface area contributed by atoms with Crippen molar-refractivity contribution in [2.45, 2.75) is 45.1 Å². The predicted octanol–water partition coefficient (Wildman–Crippen LogP) is 2.75. The van der Waals surface area contributed by atoms with Gasteiger partial charge in [-0.25, -0.2) is 0 Å². The lowest BCUT2D eigenvalue weighted by Crippen LogP contribution is -2.13. The molecular formula is C13H21N3. The van der Waals surface area contributed by atoms with E-state index in [0.29, 0.717) is 12.6 Å². The molecule has 3 nitrogen and oxygen atoms in total. The maximum Gasteiger partial charge on any atom is 0.0850 e. The van der Waals surface area contributed by atoms with Crippen LogP contribution in [0.15, 0.2) is 17.8 Å². The minimum absolute atomic E-state index is 0.607. The van der Waals surface area contributed by atoms with Gasteiger partial charge in [-0.05, 0) is 31.9 Å². The molecule has 0 bridgehead atoms. The second-order valence-electron chi connectivity index (χ2n) is 4.71. The fourth-order valence-electron chi connectivity index (χ4n) is 2.29. The smallest absolute Gasteiger partial charge is 0.0850 e. The van der Waals surface area contributed by atoms with Crippen molar-refractivity contribution in [2.24, 2.45) is 5.73 Å². The maximum atomic E-state index is 5.57. The molecule has 0 aromatic carbocycles. The molecule has 1 aromatic rings. The van der Waals surface area contributed by atoms with Crippen molar-refractivity contribution < 1.29 is 0 Å². The number of nitrogens with two attached hydrogens (primary N) is 1. The second kappa shape index (κ2) is 5.30. The monoisotopic (exact) mass is 219 g/mol. The first-order valence-electron chi connectivity index (χ1n) is 6.22. The Morgan fingerprint density at radius 2 is 2.25 bits per heavy atom. The van der Waals surface area contributed by atoms with Gasteiger partial charge < -0.3 is 5.73 Å². The van der Waals surface area contributed by atoms with Crippen LogP contribution in [0.25, 0.3) is 6.08 Å². The number of rotatable bonds is 3. The number of hydrogen-bond donors (Lipinski definition) is 1. The minimum atomic E-state index is 0.607. The van der Waals surface area contributed by atoms with E-state index in [1.54, 1.807) is 0 Å². The summed E-state index contributed by atoms with van der Waals surface area (Å²) < 4.78 is 2.13. The third-order valence-corrected chi connectivity index (χ3v) is 3.29. The van der Waals surface area contributed by atoms with Crippen LogP contribution in [0.2, 0.25) is 0 Å². The van der Waals surface area contributed by atoms with E-state index in [1.807, 2.05) is 6.92 Å². The summed E-state index contributed by atoms with van der Waals surface area (Å²) in [5.74, 6) is 0. The van der Waals surface area contributed by atoms with Gasteiger partial charge in [-0.1, -0.05) is 24.8 Å². The van der Waals surface area contributed by atoms with Crippen molar-refractivity contribution in [2.75, 3.05) is 6.54 Å². The molecule has 2 N–H and O–H groups in total. The van der Waals surface area contributed by atoms with Gasteiger partial charge in [0, 0.05) is 12.7 Å². The van der Waals surface area contributed by atoms with Crippen LogP contribution < -0.4 is 5.73 Å². The SMILES string of the molecule is C/C(=C/c1ccn(C2CCCCC2)n1)CN. The Morgan fingerprint density at radius 3 is 2.94 bits per heavy atom. The minimum Gasteiger partial charge on any atom is -0.327 e. The molecular weight excluding hydrogens is 198 g/mol. The Bertz CT molecular complexity index is 359. The summed E-state index contributed by atoms with van der Waals surface area (Å²) in [6.45, 7) is 2.65. The average molecular weight is 219 g/mol. The molecule has 0 amide bonds. The van der Waals surface area contributed by atoms with Crippen LogP contribution in [0, 0.1) is 0 Å². The zero-order valence-corrected chi connectivity index (χ0v) is 10.0. The van der Waals surface area contributed by atoms with E-state index in [1.165, 1.54) is 37.7 Å². The maximum absolute atomic E-state index is 5.57. The summed E-state index contributed by atoms with van der Waals surface area (Å²) in [4.78, 5) is 0. The van der Waals surface area contributed by atoms with Gasteiger partial charge in [0.15, 0.2) is 0 Å². The lowest BCUT2D eigenvalue weighted by molar-refractivity contribution is 0.329. The van der Waals surface area contributed by atoms with Gasteiger partial charge >= 0.3 is 0 Å². The topological polar surface area (TPSA) is 43.8 Å². The highest BCUT2D eigenvalue weighted by molar-refractivity contribution is 5.47. The summed E-state index contributed by atoms with van der Waals surface area (Å²) in [6.07, 6.45) is 10.8. The Labute approximate surface area is 97.3 Å². The van der Waals surface area contributed by atoms with E-state index >= 15 is 0 Å². The first kappa shape index (κ1) is 11.4. The van der Waals surface area contributed by atoms with Gasteiger partial charge in [0.2, 0.25) is 0 Å². The van der Waals surface area contributed by atoms with E-state index in [2.05, 4.69) is 28.1 Å². The molecule has 0 atom stereocenters. The molecule has 0 unspecified atom stereocenters. The van der Waals surface area contributed by atoms with E-state index in [0.717, 1.165) is 5.69 Å². The van der Waals surface area contributed by atoms with Crippen LogP contribution in [-0.4, -0.2) is 16.3 Å². The zero-order chi connectivity index (χ0) is 11.4. The number of nitrogens with zero attached hydrogens (tertiary/aromatic N) is 2. The van der Waals surface area contributed by atoms with Crippen molar-refractivity contribution >= 4 is 6.08 Å². The van der Waals surface area contributed by atoms with Crippen molar-refractivity contribution in [1.29, 1.82) is 0 Å². The highest BCUT2D eigenvalue weighted by Crippen LogP contribution is 2.27. The number of aromatic nitrogens is 2. The molecule has 0 spiro atoms. The van der Waals surface area contributed by atoms with Crippen LogP contribution in [0.3, 0.4) is 0 Å². The third kappa shape index (κ3) is 2.73. The van der Waals surface area contributed by atoms with Crippen LogP contribution >= 0.6 is 0 Å². The van der Waals surface area contributed by atoms with Crippen LogP contribution in [0.4, 0.5) is 0 Å². The van der Waals surface area contributed by atoms with Gasteiger partial charge in [-0.15, -0.1) is 0 Å². The molecule has 1 aliphatic carbocycles. The molecule has 16 heavy (non-hydrogen) atoms. The van der Waals surface area contributed by atoms with E-state index in [9.17, 15) is 0 Å². The standard InChI is InChI=1S/C13H21N3/c1-11(10-14)9-12-7-8-16(15-12)13-5-3-2-4-6-13/h7-9,13H,2-6,10,14H2,1H3/b11-9-. The summed E-state index contributed by atoms with van der Waals surface area (Å²) in [7, 11) is 0. The molecule has 1 aliphatic rings. The Morgan fingerprint density at radius 1 is 1.50 bits per heavy atom. The van der Waals surface area contributed by atoms with Gasteiger partial charge in [0.1, 0.15) is 0 Å². The van der Waals surface area contributed by atoms with Crippen LogP contribution in [0.5, 0.6) is 0 Å². The largest absolute Gasteiger partial charge is 0.327 e.